The number of nitrogens with zero attached hydrogens (tertiary/aromatic N) is 1. The highest BCUT2D eigenvalue weighted by Crippen LogP contribution is 2.34. The van der Waals surface area contributed by atoms with Crippen LogP contribution in [0.3, 0.4) is 0 Å². The van der Waals surface area contributed by atoms with Gasteiger partial charge in [-0.3, -0.25) is 4.79 Å². The molecule has 0 saturated carbocycles. The van der Waals surface area contributed by atoms with Crippen LogP contribution in [0.2, 0.25) is 0 Å². The summed E-state index contributed by atoms with van der Waals surface area (Å²) in [5.74, 6) is 1.90. The molecular formula is C20H28BrNO5. The second kappa shape index (κ2) is 9.75. The van der Waals surface area contributed by atoms with Crippen molar-refractivity contribution in [3.05, 3.63) is 22.2 Å². The fourth-order valence-corrected chi connectivity index (χ4v) is 4.06. The number of carbonyl (C=O) groups is 1. The molecule has 2 aliphatic heterocycles. The summed E-state index contributed by atoms with van der Waals surface area (Å²) in [6.45, 7) is 7.84. The first-order valence-electron chi connectivity index (χ1n) is 9.71. The molecule has 0 bridgehead atoms. The van der Waals surface area contributed by atoms with Crippen LogP contribution in [0.4, 0.5) is 0 Å². The van der Waals surface area contributed by atoms with E-state index in [1.54, 1.807) is 0 Å². The molecule has 0 aliphatic carbocycles. The van der Waals surface area contributed by atoms with Crippen molar-refractivity contribution in [2.75, 3.05) is 39.5 Å². The lowest BCUT2D eigenvalue weighted by Crippen LogP contribution is -2.42. The number of likely N-dealkylation sites (tertiary alicyclic amines) is 1. The number of ether oxygens (including phenoxy) is 4. The summed E-state index contributed by atoms with van der Waals surface area (Å²) < 4.78 is 23.4. The first-order chi connectivity index (χ1) is 13.1. The molecule has 0 aromatic heterocycles. The molecule has 1 aromatic carbocycles. The van der Waals surface area contributed by atoms with Crippen LogP contribution in [0, 0.1) is 5.92 Å². The lowest BCUT2D eigenvalue weighted by molar-refractivity contribution is -0.136. The summed E-state index contributed by atoms with van der Waals surface area (Å²) in [5.41, 5.74) is 0.913. The Labute approximate surface area is 169 Å². The Morgan fingerprint density at radius 1 is 1.11 bits per heavy atom. The molecule has 2 fully saturated rings. The number of carbonyl (C=O) groups excluding carboxylic acids is 1. The summed E-state index contributed by atoms with van der Waals surface area (Å²) in [6, 6.07) is 3.79. The van der Waals surface area contributed by atoms with Gasteiger partial charge in [0.2, 0.25) is 5.91 Å². The van der Waals surface area contributed by atoms with Crippen LogP contribution in [-0.4, -0.2) is 56.6 Å². The van der Waals surface area contributed by atoms with Crippen LogP contribution in [0.25, 0.3) is 0 Å². The van der Waals surface area contributed by atoms with E-state index in [0.717, 1.165) is 36.0 Å². The van der Waals surface area contributed by atoms with E-state index in [1.165, 1.54) is 0 Å². The quantitative estimate of drug-likeness (QED) is 0.648. The fourth-order valence-electron chi connectivity index (χ4n) is 3.59. The van der Waals surface area contributed by atoms with Crippen LogP contribution < -0.4 is 9.47 Å². The molecule has 2 heterocycles. The topological polar surface area (TPSA) is 57.2 Å². The van der Waals surface area contributed by atoms with Crippen LogP contribution in [0.1, 0.15) is 32.3 Å². The van der Waals surface area contributed by atoms with Gasteiger partial charge in [0, 0.05) is 23.5 Å². The second-order valence-corrected chi connectivity index (χ2v) is 7.62. The smallest absolute Gasteiger partial charge is 0.227 e. The molecule has 0 atom stereocenters. The zero-order valence-electron chi connectivity index (χ0n) is 16.0. The van der Waals surface area contributed by atoms with Crippen molar-refractivity contribution in [1.82, 2.24) is 4.90 Å². The predicted octanol–water partition coefficient (Wildman–Crippen LogP) is 3.40. The molecule has 150 valence electrons. The summed E-state index contributed by atoms with van der Waals surface area (Å²) in [4.78, 5) is 14.7. The highest BCUT2D eigenvalue weighted by atomic mass is 79.9. The van der Waals surface area contributed by atoms with Crippen molar-refractivity contribution in [3.8, 4) is 11.5 Å². The molecule has 2 aliphatic rings. The number of benzene rings is 1. The van der Waals surface area contributed by atoms with E-state index in [-0.39, 0.29) is 12.2 Å². The van der Waals surface area contributed by atoms with Gasteiger partial charge in [0.05, 0.1) is 32.8 Å². The predicted molar refractivity (Wildman–Crippen MR) is 105 cm³/mol. The van der Waals surface area contributed by atoms with Gasteiger partial charge in [-0.15, -0.1) is 0 Å². The number of amides is 1. The minimum Gasteiger partial charge on any atom is -0.490 e. The van der Waals surface area contributed by atoms with Gasteiger partial charge in [-0.05, 0) is 44.4 Å². The van der Waals surface area contributed by atoms with Gasteiger partial charge in [0.15, 0.2) is 17.8 Å². The Morgan fingerprint density at radius 3 is 2.30 bits per heavy atom. The maximum atomic E-state index is 12.8. The van der Waals surface area contributed by atoms with Crippen molar-refractivity contribution in [3.63, 3.8) is 0 Å². The summed E-state index contributed by atoms with van der Waals surface area (Å²) in [7, 11) is 0. The number of hydrogen-bond donors (Lipinski definition) is 0. The minimum absolute atomic E-state index is 0.0868. The average Bonchev–Trinajstić information content (AvgIpc) is 3.20. The van der Waals surface area contributed by atoms with Crippen LogP contribution >= 0.6 is 15.9 Å². The van der Waals surface area contributed by atoms with Gasteiger partial charge in [-0.2, -0.15) is 0 Å². The van der Waals surface area contributed by atoms with Crippen LogP contribution in [-0.2, 0) is 20.7 Å². The number of piperidine rings is 1. The van der Waals surface area contributed by atoms with E-state index in [0.29, 0.717) is 50.3 Å². The molecule has 0 spiro atoms. The highest BCUT2D eigenvalue weighted by molar-refractivity contribution is 9.10. The standard InChI is InChI=1S/C20H28BrNO5/c1-3-24-17-11-15(16(21)13-18(17)25-4-2)12-19(23)22-7-5-14(6-8-22)20-26-9-10-27-20/h11,13-14,20H,3-10,12H2,1-2H3. The third kappa shape index (κ3) is 5.15. The zero-order chi connectivity index (χ0) is 19.2. The Balaban J connectivity index is 1.61. The van der Waals surface area contributed by atoms with Crippen molar-refractivity contribution in [2.24, 2.45) is 5.92 Å². The molecule has 1 aromatic rings. The molecule has 6 nitrogen and oxygen atoms in total. The van der Waals surface area contributed by atoms with Gasteiger partial charge < -0.3 is 23.8 Å². The molecule has 2 saturated heterocycles. The number of halogens is 1. The van der Waals surface area contributed by atoms with Crippen molar-refractivity contribution >= 4 is 21.8 Å². The SMILES string of the molecule is CCOc1cc(Br)c(CC(=O)N2CCC(C3OCCO3)CC2)cc1OCC. The van der Waals surface area contributed by atoms with E-state index in [2.05, 4.69) is 15.9 Å². The van der Waals surface area contributed by atoms with E-state index in [1.807, 2.05) is 30.9 Å². The van der Waals surface area contributed by atoms with E-state index < -0.39 is 0 Å². The van der Waals surface area contributed by atoms with Crippen molar-refractivity contribution < 1.29 is 23.7 Å². The Bertz CT molecular complexity index is 640. The molecule has 7 heteroatoms. The number of rotatable bonds is 7. The summed E-state index contributed by atoms with van der Waals surface area (Å²) in [6.07, 6.45) is 2.10. The Hall–Kier alpha value is -1.31. The molecule has 0 N–H and O–H groups in total. The minimum atomic E-state index is -0.0868. The van der Waals surface area contributed by atoms with Gasteiger partial charge in [-0.1, -0.05) is 15.9 Å². The van der Waals surface area contributed by atoms with E-state index in [9.17, 15) is 4.79 Å². The van der Waals surface area contributed by atoms with E-state index in [4.69, 9.17) is 18.9 Å². The molecule has 0 radical (unpaired) electrons. The molecule has 3 rings (SSSR count). The Kier molecular flexibility index (Phi) is 7.38. The van der Waals surface area contributed by atoms with Gasteiger partial charge in [-0.25, -0.2) is 0 Å². The Morgan fingerprint density at radius 2 is 1.70 bits per heavy atom. The van der Waals surface area contributed by atoms with Crippen LogP contribution in [0.5, 0.6) is 11.5 Å². The molecule has 27 heavy (non-hydrogen) atoms. The van der Waals surface area contributed by atoms with Crippen LogP contribution in [0.15, 0.2) is 16.6 Å². The maximum Gasteiger partial charge on any atom is 0.227 e. The van der Waals surface area contributed by atoms with Crippen molar-refractivity contribution in [2.45, 2.75) is 39.4 Å². The highest BCUT2D eigenvalue weighted by Gasteiger charge is 2.31. The second-order valence-electron chi connectivity index (χ2n) is 6.76. The first-order valence-corrected chi connectivity index (χ1v) is 10.5. The third-order valence-corrected chi connectivity index (χ3v) is 5.72. The average molecular weight is 442 g/mol. The summed E-state index contributed by atoms with van der Waals surface area (Å²) >= 11 is 3.57. The fraction of sp³-hybridized carbons (Fsp3) is 0.650. The largest absolute Gasteiger partial charge is 0.490 e. The number of hydrogen-bond acceptors (Lipinski definition) is 5. The summed E-state index contributed by atoms with van der Waals surface area (Å²) in [5, 5.41) is 0. The van der Waals surface area contributed by atoms with E-state index >= 15 is 0 Å². The van der Waals surface area contributed by atoms with Crippen molar-refractivity contribution in [1.29, 1.82) is 0 Å². The van der Waals surface area contributed by atoms with Gasteiger partial charge in [0.25, 0.3) is 0 Å². The molecule has 1 amide bonds. The zero-order valence-corrected chi connectivity index (χ0v) is 17.6. The van der Waals surface area contributed by atoms with Gasteiger partial charge in [0.1, 0.15) is 0 Å². The normalized spacial score (nSPS) is 18.7. The monoisotopic (exact) mass is 441 g/mol. The first kappa shape index (κ1) is 20.4. The maximum absolute atomic E-state index is 12.8. The lowest BCUT2D eigenvalue weighted by Gasteiger charge is -2.34. The molecular weight excluding hydrogens is 414 g/mol. The lowest BCUT2D eigenvalue weighted by atomic mass is 9.95. The van der Waals surface area contributed by atoms with Gasteiger partial charge >= 0.3 is 0 Å². The third-order valence-electron chi connectivity index (χ3n) is 4.98. The molecule has 0 unspecified atom stereocenters.